The van der Waals surface area contributed by atoms with Gasteiger partial charge in [0.15, 0.2) is 18.1 Å². The Morgan fingerprint density at radius 1 is 1.29 bits per heavy atom. The zero-order valence-electron chi connectivity index (χ0n) is 16.9. The third-order valence-electron chi connectivity index (χ3n) is 3.92. The number of rotatable bonds is 10. The number of nitrogens with zero attached hydrogens (tertiary/aromatic N) is 1. The van der Waals surface area contributed by atoms with Crippen molar-refractivity contribution in [3.8, 4) is 17.6 Å². The van der Waals surface area contributed by atoms with Gasteiger partial charge in [-0.2, -0.15) is 5.26 Å². The summed E-state index contributed by atoms with van der Waals surface area (Å²) in [4.78, 5) is 23.5. The van der Waals surface area contributed by atoms with Crippen LogP contribution in [-0.2, 0) is 16.0 Å². The Bertz CT molecular complexity index is 1060. The maximum Gasteiger partial charge on any atom is 0.341 e. The lowest BCUT2D eigenvalue weighted by Gasteiger charge is -2.16. The van der Waals surface area contributed by atoms with E-state index in [-0.39, 0.29) is 5.57 Å². The summed E-state index contributed by atoms with van der Waals surface area (Å²) in [7, 11) is 0. The Balaban J connectivity index is 2.42. The van der Waals surface area contributed by atoms with Crippen LogP contribution in [0, 0.1) is 11.3 Å². The van der Waals surface area contributed by atoms with Gasteiger partial charge in [-0.1, -0.05) is 28.1 Å². The predicted molar refractivity (Wildman–Crippen MR) is 121 cm³/mol. The van der Waals surface area contributed by atoms with Crippen LogP contribution in [0.4, 0.5) is 5.69 Å². The second-order valence-corrected chi connectivity index (χ2v) is 7.17. The van der Waals surface area contributed by atoms with Crippen LogP contribution >= 0.6 is 15.9 Å². The molecule has 0 fully saturated rings. The first-order valence-corrected chi connectivity index (χ1v) is 10.1. The fourth-order valence-electron chi connectivity index (χ4n) is 2.71. The number of carbonyl (C=O) groups excluding carboxylic acids is 1. The number of carbonyl (C=O) groups is 2. The number of amides is 1. The van der Waals surface area contributed by atoms with E-state index in [2.05, 4.69) is 27.8 Å². The molecule has 0 unspecified atom stereocenters. The highest BCUT2D eigenvalue weighted by molar-refractivity contribution is 9.10. The molecular formula is C23H21BrN2O5. The average Bonchev–Trinajstić information content (AvgIpc) is 2.71. The molecule has 0 heterocycles. The number of allylic oxidation sites excluding steroid dienone is 1. The third kappa shape index (κ3) is 7.01. The zero-order valence-corrected chi connectivity index (χ0v) is 18.4. The quantitative estimate of drug-likeness (QED) is 0.290. The zero-order chi connectivity index (χ0) is 22.8. The number of nitrogens with one attached hydrogen (secondary N) is 1. The van der Waals surface area contributed by atoms with Crippen LogP contribution in [-0.4, -0.2) is 30.2 Å². The SMILES string of the molecule is C=CCc1cc(C=C(C#N)C(=O)Nc2cccc(Br)c2)cc(OCC)c1OCC(=O)O. The van der Waals surface area contributed by atoms with Gasteiger partial charge in [-0.15, -0.1) is 6.58 Å². The lowest BCUT2D eigenvalue weighted by Crippen LogP contribution is -2.13. The number of hydrogen-bond acceptors (Lipinski definition) is 5. The molecule has 2 rings (SSSR count). The summed E-state index contributed by atoms with van der Waals surface area (Å²) < 4.78 is 11.8. The van der Waals surface area contributed by atoms with Crippen LogP contribution in [0.3, 0.4) is 0 Å². The Labute approximate surface area is 188 Å². The van der Waals surface area contributed by atoms with Crippen LogP contribution in [0.5, 0.6) is 11.5 Å². The Hall–Kier alpha value is -3.57. The van der Waals surface area contributed by atoms with Gasteiger partial charge < -0.3 is 19.9 Å². The van der Waals surface area contributed by atoms with Crippen molar-refractivity contribution < 1.29 is 24.2 Å². The summed E-state index contributed by atoms with van der Waals surface area (Å²) >= 11 is 3.33. The van der Waals surface area contributed by atoms with E-state index in [1.165, 1.54) is 6.08 Å². The molecule has 0 saturated carbocycles. The highest BCUT2D eigenvalue weighted by Gasteiger charge is 2.16. The van der Waals surface area contributed by atoms with E-state index in [0.29, 0.717) is 41.3 Å². The van der Waals surface area contributed by atoms with Crippen LogP contribution in [0.1, 0.15) is 18.1 Å². The minimum Gasteiger partial charge on any atom is -0.490 e. The maximum atomic E-state index is 12.6. The van der Waals surface area contributed by atoms with Gasteiger partial charge in [-0.3, -0.25) is 4.79 Å². The number of halogens is 1. The molecule has 1 amide bonds. The van der Waals surface area contributed by atoms with Crippen molar-refractivity contribution >= 4 is 39.6 Å². The van der Waals surface area contributed by atoms with Gasteiger partial charge in [-0.05, 0) is 55.3 Å². The Kier molecular flexibility index (Phi) is 8.85. The van der Waals surface area contributed by atoms with Crippen LogP contribution in [0.15, 0.2) is 59.1 Å². The molecule has 0 saturated heterocycles. The highest BCUT2D eigenvalue weighted by Crippen LogP contribution is 2.34. The van der Waals surface area contributed by atoms with Gasteiger partial charge in [-0.25, -0.2) is 4.79 Å². The molecule has 0 aromatic heterocycles. The van der Waals surface area contributed by atoms with Crippen molar-refractivity contribution in [3.63, 3.8) is 0 Å². The number of carboxylic acids is 1. The number of ether oxygens (including phenoxy) is 2. The minimum absolute atomic E-state index is 0.105. The van der Waals surface area contributed by atoms with E-state index in [9.17, 15) is 14.9 Å². The molecule has 0 radical (unpaired) electrons. The lowest BCUT2D eigenvalue weighted by molar-refractivity contribution is -0.139. The standard InChI is InChI=1S/C23H21BrN2O5/c1-3-6-16-9-15(11-20(30-4-2)22(16)31-14-21(27)28)10-17(13-25)23(29)26-19-8-5-7-18(24)12-19/h3,5,7-12H,1,4,6,14H2,2H3,(H,26,29)(H,27,28). The summed E-state index contributed by atoms with van der Waals surface area (Å²) in [6, 6.07) is 12.2. The normalized spacial score (nSPS) is 10.7. The molecule has 160 valence electrons. The van der Waals surface area contributed by atoms with E-state index in [4.69, 9.17) is 14.6 Å². The second kappa shape index (κ2) is 11.6. The second-order valence-electron chi connectivity index (χ2n) is 6.25. The number of benzene rings is 2. The minimum atomic E-state index is -1.12. The number of anilines is 1. The molecule has 0 bridgehead atoms. The summed E-state index contributed by atoms with van der Waals surface area (Å²) in [5.74, 6) is -1.07. The topological polar surface area (TPSA) is 109 Å². The van der Waals surface area contributed by atoms with E-state index in [1.807, 2.05) is 12.1 Å². The van der Waals surface area contributed by atoms with E-state index in [1.54, 1.807) is 43.3 Å². The van der Waals surface area contributed by atoms with Gasteiger partial charge in [0.05, 0.1) is 6.61 Å². The van der Waals surface area contributed by atoms with Crippen LogP contribution in [0.25, 0.3) is 6.08 Å². The van der Waals surface area contributed by atoms with Crippen molar-refractivity contribution in [2.75, 3.05) is 18.5 Å². The van der Waals surface area contributed by atoms with Gasteiger partial charge in [0, 0.05) is 15.7 Å². The Morgan fingerprint density at radius 3 is 2.68 bits per heavy atom. The lowest BCUT2D eigenvalue weighted by atomic mass is 10.0. The number of nitriles is 1. The van der Waals surface area contributed by atoms with Crippen LogP contribution in [0.2, 0.25) is 0 Å². The molecule has 0 spiro atoms. The summed E-state index contributed by atoms with van der Waals surface area (Å²) in [6.45, 7) is 5.28. The maximum absolute atomic E-state index is 12.6. The molecule has 2 N–H and O–H groups in total. The molecule has 0 aliphatic carbocycles. The van der Waals surface area contributed by atoms with Crippen molar-refractivity contribution in [2.45, 2.75) is 13.3 Å². The van der Waals surface area contributed by atoms with Crippen molar-refractivity contribution in [1.82, 2.24) is 0 Å². The third-order valence-corrected chi connectivity index (χ3v) is 4.41. The van der Waals surface area contributed by atoms with Crippen molar-refractivity contribution in [1.29, 1.82) is 5.26 Å². The molecule has 0 aliphatic heterocycles. The number of aliphatic carboxylic acids is 1. The van der Waals surface area contributed by atoms with Gasteiger partial charge >= 0.3 is 5.97 Å². The molecule has 31 heavy (non-hydrogen) atoms. The van der Waals surface area contributed by atoms with Crippen molar-refractivity contribution in [2.24, 2.45) is 0 Å². The number of hydrogen-bond donors (Lipinski definition) is 2. The average molecular weight is 485 g/mol. The highest BCUT2D eigenvalue weighted by atomic mass is 79.9. The first-order chi connectivity index (χ1) is 14.9. The summed E-state index contributed by atoms with van der Waals surface area (Å²) in [5.41, 5.74) is 1.59. The Morgan fingerprint density at radius 2 is 2.06 bits per heavy atom. The van der Waals surface area contributed by atoms with Gasteiger partial charge in [0.25, 0.3) is 5.91 Å². The predicted octanol–water partition coefficient (Wildman–Crippen LogP) is 4.59. The van der Waals surface area contributed by atoms with Crippen molar-refractivity contribution in [3.05, 3.63) is 70.2 Å². The molecule has 7 nitrogen and oxygen atoms in total. The molecule has 2 aromatic carbocycles. The molecular weight excluding hydrogens is 464 g/mol. The van der Waals surface area contributed by atoms with Gasteiger partial charge in [0.2, 0.25) is 0 Å². The fourth-order valence-corrected chi connectivity index (χ4v) is 3.11. The smallest absolute Gasteiger partial charge is 0.341 e. The molecule has 0 atom stereocenters. The summed E-state index contributed by atoms with van der Waals surface area (Å²) in [6.07, 6.45) is 3.45. The fraction of sp³-hybridized carbons (Fsp3) is 0.174. The first kappa shape index (κ1) is 23.7. The summed E-state index contributed by atoms with van der Waals surface area (Å²) in [5, 5.41) is 21.1. The largest absolute Gasteiger partial charge is 0.490 e. The molecule has 0 aliphatic rings. The first-order valence-electron chi connectivity index (χ1n) is 9.31. The molecule has 8 heteroatoms. The van der Waals surface area contributed by atoms with Crippen LogP contribution < -0.4 is 14.8 Å². The van der Waals surface area contributed by atoms with Gasteiger partial charge in [0.1, 0.15) is 11.6 Å². The molecule has 2 aromatic rings. The number of carboxylic acid groups (broad SMARTS) is 1. The van der Waals surface area contributed by atoms with E-state index >= 15 is 0 Å². The van der Waals surface area contributed by atoms with E-state index in [0.717, 1.165) is 4.47 Å². The van der Waals surface area contributed by atoms with E-state index < -0.39 is 18.5 Å². The monoisotopic (exact) mass is 484 g/mol.